The van der Waals surface area contributed by atoms with E-state index in [2.05, 4.69) is 27.6 Å². The van der Waals surface area contributed by atoms with E-state index in [0.29, 0.717) is 37.0 Å². The van der Waals surface area contributed by atoms with Crippen molar-refractivity contribution in [2.24, 2.45) is 0 Å². The normalized spacial score (nSPS) is 11.1. The molecule has 1 aromatic carbocycles. The van der Waals surface area contributed by atoms with Gasteiger partial charge < -0.3 is 15.4 Å². The standard InChI is InChI=1S/C21H28N6O2S2/c1-4-13-31-21-25-18(22-10-12-29-2)16-14-24-27(19(16)26-21)11-9-23-20(28)15-7-5-6-8-17(15)30-3/h5-8,14H,4,9-13H2,1-3H3,(H,23,28)(H,22,25,26). The average molecular weight is 461 g/mol. The van der Waals surface area contributed by atoms with Crippen LogP contribution < -0.4 is 10.6 Å². The monoisotopic (exact) mass is 460 g/mol. The highest BCUT2D eigenvalue weighted by Gasteiger charge is 2.14. The van der Waals surface area contributed by atoms with Gasteiger partial charge in [-0.1, -0.05) is 30.8 Å². The average Bonchev–Trinajstić information content (AvgIpc) is 3.20. The lowest BCUT2D eigenvalue weighted by atomic mass is 10.2. The van der Waals surface area contributed by atoms with Gasteiger partial charge in [0.1, 0.15) is 5.82 Å². The number of hydrogen-bond acceptors (Lipinski definition) is 8. The first kappa shape index (κ1) is 23.4. The minimum Gasteiger partial charge on any atom is -0.383 e. The van der Waals surface area contributed by atoms with Gasteiger partial charge in [0.15, 0.2) is 10.8 Å². The SMILES string of the molecule is CCCSc1nc(NCCOC)c2cnn(CCNC(=O)c3ccccc3SC)c2n1. The van der Waals surface area contributed by atoms with E-state index in [0.717, 1.165) is 33.9 Å². The highest BCUT2D eigenvalue weighted by molar-refractivity contribution is 7.99. The minimum atomic E-state index is -0.0860. The molecule has 0 fully saturated rings. The van der Waals surface area contributed by atoms with Crippen molar-refractivity contribution >= 4 is 46.3 Å². The summed E-state index contributed by atoms with van der Waals surface area (Å²) in [5, 5.41) is 12.4. The van der Waals surface area contributed by atoms with Crippen molar-refractivity contribution in [3.05, 3.63) is 36.0 Å². The van der Waals surface area contributed by atoms with E-state index in [1.807, 2.05) is 35.2 Å². The molecule has 0 bridgehead atoms. The van der Waals surface area contributed by atoms with E-state index in [4.69, 9.17) is 9.72 Å². The Labute approximate surface area is 190 Å². The number of nitrogens with one attached hydrogen (secondary N) is 2. The highest BCUT2D eigenvalue weighted by atomic mass is 32.2. The molecule has 2 N–H and O–H groups in total. The largest absolute Gasteiger partial charge is 0.383 e. The molecule has 166 valence electrons. The molecule has 0 spiro atoms. The predicted molar refractivity (Wildman–Crippen MR) is 127 cm³/mol. The third-order valence-electron chi connectivity index (χ3n) is 4.47. The summed E-state index contributed by atoms with van der Waals surface area (Å²) in [4.78, 5) is 22.9. The number of amides is 1. The fraction of sp³-hybridized carbons (Fsp3) is 0.429. The molecule has 0 saturated carbocycles. The summed E-state index contributed by atoms with van der Waals surface area (Å²) in [6.45, 7) is 4.33. The lowest BCUT2D eigenvalue weighted by molar-refractivity contribution is 0.0949. The molecule has 0 aliphatic rings. The van der Waals surface area contributed by atoms with Gasteiger partial charge in [0.05, 0.1) is 30.3 Å². The van der Waals surface area contributed by atoms with E-state index in [1.54, 1.807) is 36.8 Å². The van der Waals surface area contributed by atoms with E-state index in [-0.39, 0.29) is 5.91 Å². The molecule has 2 aromatic heterocycles. The van der Waals surface area contributed by atoms with Gasteiger partial charge in [-0.3, -0.25) is 4.79 Å². The van der Waals surface area contributed by atoms with Gasteiger partial charge in [-0.2, -0.15) is 5.10 Å². The molecule has 3 rings (SSSR count). The molecule has 8 nitrogen and oxygen atoms in total. The smallest absolute Gasteiger partial charge is 0.252 e. The van der Waals surface area contributed by atoms with Crippen LogP contribution in [-0.4, -0.2) is 64.5 Å². The lowest BCUT2D eigenvalue weighted by Crippen LogP contribution is -2.28. The van der Waals surface area contributed by atoms with E-state index in [9.17, 15) is 4.79 Å². The second kappa shape index (κ2) is 11.9. The van der Waals surface area contributed by atoms with Crippen molar-refractivity contribution in [1.29, 1.82) is 0 Å². The molecule has 10 heteroatoms. The molecule has 2 heterocycles. The minimum absolute atomic E-state index is 0.0860. The summed E-state index contributed by atoms with van der Waals surface area (Å²) < 4.78 is 6.95. The lowest BCUT2D eigenvalue weighted by Gasteiger charge is -2.10. The van der Waals surface area contributed by atoms with Gasteiger partial charge in [0.2, 0.25) is 0 Å². The highest BCUT2D eigenvalue weighted by Crippen LogP contribution is 2.25. The maximum atomic E-state index is 12.6. The van der Waals surface area contributed by atoms with Crippen molar-refractivity contribution in [2.45, 2.75) is 29.9 Å². The van der Waals surface area contributed by atoms with Crippen molar-refractivity contribution in [2.75, 3.05) is 44.1 Å². The van der Waals surface area contributed by atoms with Gasteiger partial charge in [-0.25, -0.2) is 14.6 Å². The number of anilines is 1. The van der Waals surface area contributed by atoms with Gasteiger partial charge in [0, 0.05) is 30.8 Å². The predicted octanol–water partition coefficient (Wildman–Crippen LogP) is 3.54. The number of methoxy groups -OCH3 is 1. The maximum Gasteiger partial charge on any atom is 0.252 e. The van der Waals surface area contributed by atoms with Crippen LogP contribution in [0, 0.1) is 0 Å². The van der Waals surface area contributed by atoms with Gasteiger partial charge in [-0.15, -0.1) is 11.8 Å². The molecule has 0 atom stereocenters. The molecule has 0 saturated heterocycles. The van der Waals surface area contributed by atoms with Crippen LogP contribution in [0.25, 0.3) is 11.0 Å². The number of carbonyl (C=O) groups is 1. The molecular weight excluding hydrogens is 432 g/mol. The second-order valence-electron chi connectivity index (χ2n) is 6.68. The topological polar surface area (TPSA) is 94.0 Å². The fourth-order valence-corrected chi connectivity index (χ4v) is 4.25. The first-order valence-electron chi connectivity index (χ1n) is 10.2. The number of aromatic nitrogens is 4. The molecule has 0 aliphatic carbocycles. The third kappa shape index (κ3) is 6.11. The van der Waals surface area contributed by atoms with E-state index < -0.39 is 0 Å². The Morgan fingerprint density at radius 3 is 2.84 bits per heavy atom. The van der Waals surface area contributed by atoms with Crippen LogP contribution in [0.4, 0.5) is 5.82 Å². The van der Waals surface area contributed by atoms with Gasteiger partial charge in [0.25, 0.3) is 5.91 Å². The second-order valence-corrected chi connectivity index (χ2v) is 8.59. The van der Waals surface area contributed by atoms with Gasteiger partial charge >= 0.3 is 0 Å². The molecule has 0 radical (unpaired) electrons. The molecule has 1 amide bonds. The maximum absolute atomic E-state index is 12.6. The Morgan fingerprint density at radius 1 is 1.23 bits per heavy atom. The molecule has 0 aliphatic heterocycles. The Balaban J connectivity index is 1.74. The molecule has 3 aromatic rings. The first-order valence-corrected chi connectivity index (χ1v) is 12.4. The fourth-order valence-electron chi connectivity index (χ4n) is 2.97. The van der Waals surface area contributed by atoms with Crippen molar-refractivity contribution < 1.29 is 9.53 Å². The third-order valence-corrected chi connectivity index (χ3v) is 6.32. The summed E-state index contributed by atoms with van der Waals surface area (Å²) in [5.41, 5.74) is 1.44. The van der Waals surface area contributed by atoms with Crippen LogP contribution in [-0.2, 0) is 11.3 Å². The Morgan fingerprint density at radius 2 is 2.06 bits per heavy atom. The van der Waals surface area contributed by atoms with Crippen molar-refractivity contribution in [3.8, 4) is 0 Å². The van der Waals surface area contributed by atoms with Crippen LogP contribution in [0.5, 0.6) is 0 Å². The first-order chi connectivity index (χ1) is 15.2. The van der Waals surface area contributed by atoms with Crippen molar-refractivity contribution in [3.63, 3.8) is 0 Å². The summed E-state index contributed by atoms with van der Waals surface area (Å²) in [6, 6.07) is 7.60. The number of benzene rings is 1. The number of fused-ring (bicyclic) bond motifs is 1. The quantitative estimate of drug-likeness (QED) is 0.241. The molecule has 0 unspecified atom stereocenters. The van der Waals surface area contributed by atoms with Crippen LogP contribution in [0.1, 0.15) is 23.7 Å². The summed E-state index contributed by atoms with van der Waals surface area (Å²) in [5.74, 6) is 1.61. The van der Waals surface area contributed by atoms with E-state index >= 15 is 0 Å². The Hall–Kier alpha value is -2.30. The van der Waals surface area contributed by atoms with E-state index in [1.165, 1.54) is 0 Å². The summed E-state index contributed by atoms with van der Waals surface area (Å²) in [7, 11) is 1.67. The van der Waals surface area contributed by atoms with Crippen LogP contribution in [0.2, 0.25) is 0 Å². The zero-order valence-electron chi connectivity index (χ0n) is 18.1. The zero-order valence-corrected chi connectivity index (χ0v) is 19.7. The van der Waals surface area contributed by atoms with Gasteiger partial charge in [-0.05, 0) is 24.8 Å². The van der Waals surface area contributed by atoms with Crippen molar-refractivity contribution in [1.82, 2.24) is 25.1 Å². The number of hydrogen-bond donors (Lipinski definition) is 2. The van der Waals surface area contributed by atoms with Crippen LogP contribution in [0.15, 0.2) is 40.5 Å². The number of ether oxygens (including phenoxy) is 1. The number of thioether (sulfide) groups is 2. The number of carbonyl (C=O) groups excluding carboxylic acids is 1. The number of nitrogens with zero attached hydrogens (tertiary/aromatic N) is 4. The van der Waals surface area contributed by atoms with Crippen LogP contribution in [0.3, 0.4) is 0 Å². The zero-order chi connectivity index (χ0) is 22.1. The molecular formula is C21H28N6O2S2. The summed E-state index contributed by atoms with van der Waals surface area (Å²) >= 11 is 3.19. The molecule has 31 heavy (non-hydrogen) atoms. The summed E-state index contributed by atoms with van der Waals surface area (Å²) in [6.07, 6.45) is 4.78. The van der Waals surface area contributed by atoms with Crippen LogP contribution >= 0.6 is 23.5 Å². The Bertz CT molecular complexity index is 1010. The number of rotatable bonds is 12. The Kier molecular flexibility index (Phi) is 8.98.